The number of carbonyl (C=O) groups excluding carboxylic acids is 1. The van der Waals surface area contributed by atoms with Crippen LogP contribution in [0.15, 0.2) is 52.5 Å². The van der Waals surface area contributed by atoms with Crippen molar-refractivity contribution in [1.82, 2.24) is 25.2 Å². The molecule has 3 heterocycles. The number of nitrogens with one attached hydrogen (secondary N) is 1. The van der Waals surface area contributed by atoms with Crippen molar-refractivity contribution in [3.8, 4) is 16.4 Å². The van der Waals surface area contributed by atoms with Gasteiger partial charge in [-0.1, -0.05) is 28.9 Å². The Morgan fingerprint density at radius 1 is 1.23 bits per heavy atom. The number of alkyl halides is 3. The summed E-state index contributed by atoms with van der Waals surface area (Å²) in [6.07, 6.45) is -3.90. The molecule has 0 atom stereocenters. The van der Waals surface area contributed by atoms with E-state index in [9.17, 15) is 18.0 Å². The number of nitrogens with zero attached hydrogens (tertiary/aromatic N) is 4. The summed E-state index contributed by atoms with van der Waals surface area (Å²) in [7, 11) is 0. The second kappa shape index (κ2) is 7.75. The van der Waals surface area contributed by atoms with E-state index in [4.69, 9.17) is 4.52 Å². The molecule has 0 unspecified atom stereocenters. The molecule has 0 aliphatic rings. The first-order valence-corrected chi connectivity index (χ1v) is 9.58. The largest absolute Gasteiger partial charge is 0.434 e. The number of halogens is 3. The highest BCUT2D eigenvalue weighted by Crippen LogP contribution is 2.33. The Balaban J connectivity index is 1.56. The second-order valence-electron chi connectivity index (χ2n) is 6.32. The molecule has 0 fully saturated rings. The molecule has 11 heteroatoms. The molecular weight excluding hydrogens is 419 g/mol. The third-order valence-electron chi connectivity index (χ3n) is 4.17. The summed E-state index contributed by atoms with van der Waals surface area (Å²) in [6, 6.07) is 9.96. The van der Waals surface area contributed by atoms with E-state index in [2.05, 4.69) is 20.6 Å². The lowest BCUT2D eigenvalue weighted by molar-refractivity contribution is -0.143. The van der Waals surface area contributed by atoms with Gasteiger partial charge >= 0.3 is 6.18 Å². The lowest BCUT2D eigenvalue weighted by Gasteiger charge is -2.12. The Morgan fingerprint density at radius 2 is 2.00 bits per heavy atom. The summed E-state index contributed by atoms with van der Waals surface area (Å²) in [4.78, 5) is 17.4. The maximum Gasteiger partial charge on any atom is 0.434 e. The minimum atomic E-state index is -4.79. The molecule has 4 rings (SSSR count). The second-order valence-corrected chi connectivity index (χ2v) is 7.27. The normalized spacial score (nSPS) is 11.6. The number of rotatable bonds is 5. The van der Waals surface area contributed by atoms with Crippen LogP contribution in [0.1, 0.15) is 27.5 Å². The number of carbonyl (C=O) groups is 1. The average molecular weight is 433 g/mol. The van der Waals surface area contributed by atoms with Gasteiger partial charge in [0.15, 0.2) is 5.69 Å². The Labute approximate surface area is 172 Å². The lowest BCUT2D eigenvalue weighted by Crippen LogP contribution is -2.26. The van der Waals surface area contributed by atoms with Crippen molar-refractivity contribution in [2.24, 2.45) is 0 Å². The molecule has 1 aromatic carbocycles. The van der Waals surface area contributed by atoms with E-state index in [1.165, 1.54) is 23.5 Å². The molecule has 154 valence electrons. The Hall–Kier alpha value is -3.47. The molecular formula is C19H14F3N5O2S. The first-order chi connectivity index (χ1) is 14.3. The molecule has 0 saturated heterocycles. The Kier molecular flexibility index (Phi) is 5.12. The number of hydrogen-bond donors (Lipinski definition) is 1. The fourth-order valence-electron chi connectivity index (χ4n) is 2.75. The van der Waals surface area contributed by atoms with E-state index >= 15 is 0 Å². The number of aromatic nitrogens is 4. The standard InChI is InChI=1S/C19H14F3N5O2S/c1-11-4-6-12(7-5-11)27-16(19(20,21)22)13(9-24-27)18(28)23-10-15-25-17(26-29-15)14-3-2-8-30-14/h2-9H,10H2,1H3,(H,23,28). The average Bonchev–Trinajstić information content (AvgIpc) is 3.45. The van der Waals surface area contributed by atoms with Gasteiger partial charge in [-0.25, -0.2) is 4.68 Å². The molecule has 1 N–H and O–H groups in total. The fraction of sp³-hybridized carbons (Fsp3) is 0.158. The van der Waals surface area contributed by atoms with Crippen LogP contribution in [0.3, 0.4) is 0 Å². The van der Waals surface area contributed by atoms with Gasteiger partial charge < -0.3 is 9.84 Å². The van der Waals surface area contributed by atoms with Gasteiger partial charge in [0.05, 0.1) is 28.9 Å². The van der Waals surface area contributed by atoms with Gasteiger partial charge in [-0.05, 0) is 30.5 Å². The van der Waals surface area contributed by atoms with E-state index in [1.807, 2.05) is 18.4 Å². The summed E-state index contributed by atoms with van der Waals surface area (Å²) >= 11 is 1.41. The van der Waals surface area contributed by atoms with Crippen molar-refractivity contribution in [1.29, 1.82) is 0 Å². The Morgan fingerprint density at radius 3 is 2.67 bits per heavy atom. The molecule has 30 heavy (non-hydrogen) atoms. The van der Waals surface area contributed by atoms with Gasteiger partial charge in [-0.2, -0.15) is 23.3 Å². The van der Waals surface area contributed by atoms with Crippen LogP contribution in [0.5, 0.6) is 0 Å². The number of amides is 1. The van der Waals surface area contributed by atoms with Gasteiger partial charge in [0.25, 0.3) is 5.91 Å². The predicted octanol–water partition coefficient (Wildman–Crippen LogP) is 4.24. The summed E-state index contributed by atoms with van der Waals surface area (Å²) in [6.45, 7) is 1.60. The van der Waals surface area contributed by atoms with Gasteiger partial charge in [-0.3, -0.25) is 4.79 Å². The van der Waals surface area contributed by atoms with Gasteiger partial charge in [0, 0.05) is 0 Å². The minimum Gasteiger partial charge on any atom is -0.343 e. The van der Waals surface area contributed by atoms with Crippen molar-refractivity contribution in [3.05, 3.63) is 70.7 Å². The van der Waals surface area contributed by atoms with Crippen LogP contribution in [-0.2, 0) is 12.7 Å². The molecule has 0 radical (unpaired) electrons. The molecule has 3 aromatic heterocycles. The summed E-state index contributed by atoms with van der Waals surface area (Å²) in [5.74, 6) is -0.528. The summed E-state index contributed by atoms with van der Waals surface area (Å²) in [5, 5.41) is 11.8. The van der Waals surface area contributed by atoms with E-state index in [1.54, 1.807) is 18.2 Å². The smallest absolute Gasteiger partial charge is 0.343 e. The lowest BCUT2D eigenvalue weighted by atomic mass is 10.2. The third-order valence-corrected chi connectivity index (χ3v) is 5.04. The molecule has 4 aromatic rings. The van der Waals surface area contributed by atoms with Crippen molar-refractivity contribution in [2.75, 3.05) is 0 Å². The maximum atomic E-state index is 13.7. The van der Waals surface area contributed by atoms with E-state index in [0.717, 1.165) is 16.6 Å². The molecule has 0 spiro atoms. The molecule has 0 aliphatic heterocycles. The zero-order valence-corrected chi connectivity index (χ0v) is 16.3. The van der Waals surface area contributed by atoms with Crippen LogP contribution in [0.4, 0.5) is 13.2 Å². The van der Waals surface area contributed by atoms with Crippen LogP contribution in [0.2, 0.25) is 0 Å². The highest BCUT2D eigenvalue weighted by Gasteiger charge is 2.40. The van der Waals surface area contributed by atoms with Gasteiger partial charge in [-0.15, -0.1) is 11.3 Å². The molecule has 7 nitrogen and oxygen atoms in total. The van der Waals surface area contributed by atoms with Crippen molar-refractivity contribution >= 4 is 17.2 Å². The highest BCUT2D eigenvalue weighted by atomic mass is 32.1. The van der Waals surface area contributed by atoms with Crippen LogP contribution in [0, 0.1) is 6.92 Å². The molecule has 1 amide bonds. The van der Waals surface area contributed by atoms with Crippen molar-refractivity contribution in [3.63, 3.8) is 0 Å². The van der Waals surface area contributed by atoms with Crippen LogP contribution < -0.4 is 5.32 Å². The number of aryl methyl sites for hydroxylation is 1. The summed E-state index contributed by atoms with van der Waals surface area (Å²) in [5.41, 5.74) is -0.668. The van der Waals surface area contributed by atoms with Gasteiger partial charge in [0.2, 0.25) is 11.7 Å². The number of thiophene rings is 1. The van der Waals surface area contributed by atoms with E-state index < -0.39 is 23.3 Å². The highest BCUT2D eigenvalue weighted by molar-refractivity contribution is 7.13. The first kappa shape index (κ1) is 19.8. The quantitative estimate of drug-likeness (QED) is 0.509. The third kappa shape index (κ3) is 3.96. The monoisotopic (exact) mass is 433 g/mol. The van der Waals surface area contributed by atoms with Crippen molar-refractivity contribution < 1.29 is 22.5 Å². The van der Waals surface area contributed by atoms with Crippen LogP contribution >= 0.6 is 11.3 Å². The predicted molar refractivity (Wildman–Crippen MR) is 102 cm³/mol. The molecule has 0 aliphatic carbocycles. The van der Waals surface area contributed by atoms with Crippen molar-refractivity contribution in [2.45, 2.75) is 19.6 Å². The van der Waals surface area contributed by atoms with E-state index in [0.29, 0.717) is 10.5 Å². The number of hydrogen-bond acceptors (Lipinski definition) is 6. The maximum absolute atomic E-state index is 13.7. The SMILES string of the molecule is Cc1ccc(-n2ncc(C(=O)NCc3nc(-c4cccs4)no3)c2C(F)(F)F)cc1. The number of benzene rings is 1. The zero-order valence-electron chi connectivity index (χ0n) is 15.5. The molecule has 0 bridgehead atoms. The Bertz CT molecular complexity index is 1160. The van der Waals surface area contributed by atoms with Crippen LogP contribution in [-0.4, -0.2) is 25.8 Å². The van der Waals surface area contributed by atoms with E-state index in [-0.39, 0.29) is 18.1 Å². The van der Waals surface area contributed by atoms with Gasteiger partial charge in [0.1, 0.15) is 0 Å². The first-order valence-electron chi connectivity index (χ1n) is 8.70. The summed E-state index contributed by atoms with van der Waals surface area (Å²) < 4.78 is 46.9. The zero-order chi connectivity index (χ0) is 21.3. The fourth-order valence-corrected chi connectivity index (χ4v) is 3.40. The molecule has 0 saturated carbocycles. The minimum absolute atomic E-state index is 0.0752. The van der Waals surface area contributed by atoms with Crippen LogP contribution in [0.25, 0.3) is 16.4 Å². The topological polar surface area (TPSA) is 85.8 Å².